The molecule has 8 heteroatoms. The molecule has 0 fully saturated rings. The summed E-state index contributed by atoms with van der Waals surface area (Å²) >= 11 is 0. The van der Waals surface area contributed by atoms with Crippen LogP contribution in [0.4, 0.5) is 20.6 Å². The van der Waals surface area contributed by atoms with Gasteiger partial charge in [-0.05, 0) is 60.5 Å². The molecule has 0 spiro atoms. The molecule has 7 nitrogen and oxygen atoms in total. The summed E-state index contributed by atoms with van der Waals surface area (Å²) in [7, 11) is 0. The van der Waals surface area contributed by atoms with E-state index in [2.05, 4.69) is 10.6 Å². The smallest absolute Gasteiger partial charge is 0.411 e. The largest absolute Gasteiger partial charge is 0.486 e. The minimum absolute atomic E-state index is 0.0941. The van der Waals surface area contributed by atoms with Crippen molar-refractivity contribution < 1.29 is 27.9 Å². The maximum Gasteiger partial charge on any atom is 0.411 e. The zero-order valence-electron chi connectivity index (χ0n) is 17.2. The fraction of sp³-hybridized carbons (Fsp3) is 0.217. The maximum absolute atomic E-state index is 12.9. The van der Waals surface area contributed by atoms with Gasteiger partial charge in [-0.25, -0.2) is 9.18 Å². The van der Waals surface area contributed by atoms with Crippen LogP contribution in [0, 0.1) is 11.7 Å². The number of amides is 2. The fourth-order valence-electron chi connectivity index (χ4n) is 2.53. The molecule has 1 aromatic heterocycles. The lowest BCUT2D eigenvalue weighted by Gasteiger charge is -2.10. The maximum atomic E-state index is 12.9. The Morgan fingerprint density at radius 1 is 1.00 bits per heavy atom. The number of carbonyl (C=O) groups excluding carboxylic acids is 2. The summed E-state index contributed by atoms with van der Waals surface area (Å²) in [6.07, 6.45) is -0.561. The summed E-state index contributed by atoms with van der Waals surface area (Å²) in [5.74, 6) is 0.462. The highest BCUT2D eigenvalue weighted by molar-refractivity contribution is 6.02. The quantitative estimate of drug-likeness (QED) is 0.500. The Bertz CT molecular complexity index is 1030. The van der Waals surface area contributed by atoms with Gasteiger partial charge in [-0.3, -0.25) is 10.1 Å². The van der Waals surface area contributed by atoms with Gasteiger partial charge in [0.15, 0.2) is 5.76 Å². The van der Waals surface area contributed by atoms with Crippen LogP contribution in [-0.4, -0.2) is 18.6 Å². The van der Waals surface area contributed by atoms with Gasteiger partial charge in [-0.2, -0.15) is 0 Å². The molecule has 3 rings (SSSR count). The summed E-state index contributed by atoms with van der Waals surface area (Å²) in [6.45, 7) is 4.29. The van der Waals surface area contributed by atoms with E-state index in [9.17, 15) is 14.0 Å². The van der Waals surface area contributed by atoms with Crippen LogP contribution in [0.1, 0.15) is 30.2 Å². The Morgan fingerprint density at radius 2 is 1.71 bits per heavy atom. The predicted molar refractivity (Wildman–Crippen MR) is 114 cm³/mol. The van der Waals surface area contributed by atoms with Crippen molar-refractivity contribution in [2.75, 3.05) is 17.2 Å². The van der Waals surface area contributed by atoms with E-state index in [1.165, 1.54) is 30.3 Å². The third-order valence-electron chi connectivity index (χ3n) is 3.99. The fourth-order valence-corrected chi connectivity index (χ4v) is 2.53. The molecule has 0 aliphatic rings. The molecule has 1 heterocycles. The summed E-state index contributed by atoms with van der Waals surface area (Å²) in [5.41, 5.74) is 0.964. The zero-order chi connectivity index (χ0) is 22.2. The number of rotatable bonds is 8. The minimum Gasteiger partial charge on any atom is -0.486 e. The van der Waals surface area contributed by atoms with Crippen LogP contribution in [0.15, 0.2) is 65.1 Å². The van der Waals surface area contributed by atoms with Crippen molar-refractivity contribution in [1.82, 2.24) is 0 Å². The van der Waals surface area contributed by atoms with Crippen LogP contribution < -0.4 is 15.4 Å². The molecule has 2 N–H and O–H groups in total. The second kappa shape index (κ2) is 10.3. The van der Waals surface area contributed by atoms with Crippen molar-refractivity contribution in [2.24, 2.45) is 5.92 Å². The Kier molecular flexibility index (Phi) is 7.26. The van der Waals surface area contributed by atoms with Crippen molar-refractivity contribution in [3.05, 3.63) is 78.0 Å². The van der Waals surface area contributed by atoms with Gasteiger partial charge >= 0.3 is 6.09 Å². The average Bonchev–Trinajstić information content (AvgIpc) is 3.21. The SMILES string of the molecule is CC(C)COC(=O)Nc1cccc(NC(=O)c2ccc(COc3ccc(F)cc3)o2)c1. The Hall–Kier alpha value is -3.81. The molecule has 162 valence electrons. The standard InChI is InChI=1S/C23H23FN2O5/c1-15(2)13-30-23(28)26-18-5-3-4-17(12-18)25-22(27)21-11-10-20(31-21)14-29-19-8-6-16(24)7-9-19/h3-12,15H,13-14H2,1-2H3,(H,25,27)(H,26,28). The normalized spacial score (nSPS) is 10.6. The third-order valence-corrected chi connectivity index (χ3v) is 3.99. The van der Waals surface area contributed by atoms with Gasteiger partial charge in [0.1, 0.15) is 23.9 Å². The van der Waals surface area contributed by atoms with Crippen LogP contribution in [0.5, 0.6) is 5.75 Å². The van der Waals surface area contributed by atoms with Crippen LogP contribution >= 0.6 is 0 Å². The van der Waals surface area contributed by atoms with Gasteiger partial charge in [-0.15, -0.1) is 0 Å². The van der Waals surface area contributed by atoms with Gasteiger partial charge in [0.25, 0.3) is 5.91 Å². The van der Waals surface area contributed by atoms with E-state index in [1.54, 1.807) is 30.3 Å². The van der Waals surface area contributed by atoms with Gasteiger partial charge in [-0.1, -0.05) is 19.9 Å². The van der Waals surface area contributed by atoms with E-state index in [-0.39, 0.29) is 24.1 Å². The Labute approximate surface area is 179 Å². The average molecular weight is 426 g/mol. The van der Waals surface area contributed by atoms with E-state index in [1.807, 2.05) is 13.8 Å². The number of nitrogens with one attached hydrogen (secondary N) is 2. The van der Waals surface area contributed by atoms with E-state index >= 15 is 0 Å². The van der Waals surface area contributed by atoms with E-state index in [0.717, 1.165) is 0 Å². The second-order valence-corrected chi connectivity index (χ2v) is 7.16. The monoisotopic (exact) mass is 426 g/mol. The van der Waals surface area contributed by atoms with Crippen LogP contribution in [-0.2, 0) is 11.3 Å². The molecule has 0 unspecified atom stereocenters. The van der Waals surface area contributed by atoms with Gasteiger partial charge < -0.3 is 19.2 Å². The number of hydrogen-bond donors (Lipinski definition) is 2. The molecular weight excluding hydrogens is 403 g/mol. The Morgan fingerprint density at radius 3 is 2.42 bits per heavy atom. The third kappa shape index (κ3) is 6.88. The molecule has 0 saturated heterocycles. The predicted octanol–water partition coefficient (Wildman–Crippen LogP) is 5.45. The summed E-state index contributed by atoms with van der Waals surface area (Å²) in [6, 6.07) is 15.4. The molecule has 31 heavy (non-hydrogen) atoms. The minimum atomic E-state index is -0.561. The lowest BCUT2D eigenvalue weighted by molar-refractivity contribution is 0.0992. The van der Waals surface area contributed by atoms with Crippen molar-refractivity contribution in [3.8, 4) is 5.75 Å². The van der Waals surface area contributed by atoms with Crippen molar-refractivity contribution in [2.45, 2.75) is 20.5 Å². The highest BCUT2D eigenvalue weighted by Crippen LogP contribution is 2.18. The first-order valence-corrected chi connectivity index (χ1v) is 9.71. The molecule has 0 bridgehead atoms. The van der Waals surface area contributed by atoms with Gasteiger partial charge in [0.2, 0.25) is 0 Å². The number of anilines is 2. The first-order valence-electron chi connectivity index (χ1n) is 9.71. The van der Waals surface area contributed by atoms with Gasteiger partial charge in [0.05, 0.1) is 6.61 Å². The van der Waals surface area contributed by atoms with E-state index < -0.39 is 12.0 Å². The number of carbonyl (C=O) groups is 2. The molecule has 0 aliphatic carbocycles. The molecule has 2 aromatic carbocycles. The highest BCUT2D eigenvalue weighted by atomic mass is 19.1. The molecular formula is C23H23FN2O5. The molecule has 2 amide bonds. The topological polar surface area (TPSA) is 89.8 Å². The molecule has 0 saturated carbocycles. The van der Waals surface area contributed by atoms with E-state index in [4.69, 9.17) is 13.9 Å². The van der Waals surface area contributed by atoms with Crippen LogP contribution in [0.25, 0.3) is 0 Å². The zero-order valence-corrected chi connectivity index (χ0v) is 17.2. The van der Waals surface area contributed by atoms with Crippen molar-refractivity contribution >= 4 is 23.4 Å². The van der Waals surface area contributed by atoms with Crippen LogP contribution in [0.2, 0.25) is 0 Å². The highest BCUT2D eigenvalue weighted by Gasteiger charge is 2.13. The van der Waals surface area contributed by atoms with Crippen molar-refractivity contribution in [3.63, 3.8) is 0 Å². The van der Waals surface area contributed by atoms with E-state index in [0.29, 0.717) is 29.5 Å². The Balaban J connectivity index is 1.54. The molecule has 0 radical (unpaired) electrons. The number of ether oxygens (including phenoxy) is 2. The molecule has 0 aliphatic heterocycles. The second-order valence-electron chi connectivity index (χ2n) is 7.16. The number of furan rings is 1. The number of hydrogen-bond acceptors (Lipinski definition) is 5. The lowest BCUT2D eigenvalue weighted by atomic mass is 10.2. The number of halogens is 1. The van der Waals surface area contributed by atoms with Crippen molar-refractivity contribution in [1.29, 1.82) is 0 Å². The summed E-state index contributed by atoms with van der Waals surface area (Å²) in [5, 5.41) is 5.32. The molecule has 0 atom stereocenters. The van der Waals surface area contributed by atoms with Crippen LogP contribution in [0.3, 0.4) is 0 Å². The first-order chi connectivity index (χ1) is 14.9. The summed E-state index contributed by atoms with van der Waals surface area (Å²) < 4.78 is 29.0. The first kappa shape index (κ1) is 21.9. The lowest BCUT2D eigenvalue weighted by Crippen LogP contribution is -2.17. The summed E-state index contributed by atoms with van der Waals surface area (Å²) in [4.78, 5) is 24.2. The van der Waals surface area contributed by atoms with Gasteiger partial charge in [0, 0.05) is 11.4 Å². The number of benzene rings is 2. The molecule has 3 aromatic rings.